The number of imidazole rings is 1. The molecule has 29 heavy (non-hydrogen) atoms. The van der Waals surface area contributed by atoms with E-state index in [2.05, 4.69) is 25.4 Å². The van der Waals surface area contributed by atoms with E-state index in [0.29, 0.717) is 29.8 Å². The summed E-state index contributed by atoms with van der Waals surface area (Å²) < 4.78 is 14.8. The number of hydrogen-bond donors (Lipinski definition) is 1. The topological polar surface area (TPSA) is 90.9 Å². The molecule has 0 atom stereocenters. The first kappa shape index (κ1) is 17.9. The summed E-state index contributed by atoms with van der Waals surface area (Å²) in [7, 11) is 3.41. The molecule has 150 valence electrons. The minimum absolute atomic E-state index is 0.339. The molecule has 0 spiro atoms. The van der Waals surface area contributed by atoms with Gasteiger partial charge in [-0.1, -0.05) is 0 Å². The predicted molar refractivity (Wildman–Crippen MR) is 108 cm³/mol. The molecule has 0 aliphatic heterocycles. The van der Waals surface area contributed by atoms with Crippen LogP contribution in [0.5, 0.6) is 5.88 Å². The third-order valence-electron chi connectivity index (χ3n) is 5.57. The van der Waals surface area contributed by atoms with Crippen molar-refractivity contribution in [2.45, 2.75) is 37.8 Å². The average Bonchev–Trinajstić information content (AvgIpc) is 3.40. The van der Waals surface area contributed by atoms with Crippen LogP contribution in [0.4, 0.5) is 5.95 Å². The zero-order valence-electron chi connectivity index (χ0n) is 16.4. The van der Waals surface area contributed by atoms with Gasteiger partial charge in [-0.2, -0.15) is 4.98 Å². The number of nitrogens with one attached hydrogen (secondary N) is 1. The lowest BCUT2D eigenvalue weighted by Crippen LogP contribution is -2.30. The van der Waals surface area contributed by atoms with Crippen LogP contribution in [0.15, 0.2) is 37.1 Å². The van der Waals surface area contributed by atoms with Gasteiger partial charge < -0.3 is 14.8 Å². The minimum Gasteiger partial charge on any atom is -0.479 e. The molecule has 0 unspecified atom stereocenters. The maximum atomic E-state index is 5.61. The molecule has 1 aliphatic rings. The first-order chi connectivity index (χ1) is 14.2. The second-order valence-electron chi connectivity index (χ2n) is 7.30. The van der Waals surface area contributed by atoms with Crippen LogP contribution in [0.25, 0.3) is 22.4 Å². The number of hydrogen-bond acceptors (Lipinski definition) is 7. The molecular formula is C20H23N7O2. The second-order valence-corrected chi connectivity index (χ2v) is 7.30. The van der Waals surface area contributed by atoms with Crippen LogP contribution in [0.1, 0.15) is 25.7 Å². The SMILES string of the molecule is COc1nc(NC2CCC(OC)CC2)nn2ccc(-c3cnc4nccn4c3)c12. The molecule has 4 aromatic rings. The molecule has 1 saturated carbocycles. The van der Waals surface area contributed by atoms with Crippen LogP contribution in [0, 0.1) is 0 Å². The fourth-order valence-corrected chi connectivity index (χ4v) is 4.01. The van der Waals surface area contributed by atoms with E-state index in [0.717, 1.165) is 42.3 Å². The quantitative estimate of drug-likeness (QED) is 0.557. The number of nitrogens with zero attached hydrogens (tertiary/aromatic N) is 6. The van der Waals surface area contributed by atoms with E-state index in [-0.39, 0.29) is 0 Å². The predicted octanol–water partition coefficient (Wildman–Crippen LogP) is 2.82. The van der Waals surface area contributed by atoms with E-state index in [1.54, 1.807) is 26.6 Å². The number of rotatable bonds is 5. The monoisotopic (exact) mass is 393 g/mol. The van der Waals surface area contributed by atoms with Crippen molar-refractivity contribution in [1.29, 1.82) is 0 Å². The number of methoxy groups -OCH3 is 2. The van der Waals surface area contributed by atoms with Gasteiger partial charge in [-0.3, -0.25) is 4.40 Å². The van der Waals surface area contributed by atoms with E-state index >= 15 is 0 Å². The molecule has 9 nitrogen and oxygen atoms in total. The normalized spacial score (nSPS) is 19.7. The highest BCUT2D eigenvalue weighted by Crippen LogP contribution is 2.31. The number of aromatic nitrogens is 6. The Bertz CT molecular complexity index is 1140. The van der Waals surface area contributed by atoms with Gasteiger partial charge in [-0.25, -0.2) is 14.5 Å². The Hall–Kier alpha value is -3.20. The maximum absolute atomic E-state index is 5.61. The number of anilines is 1. The lowest BCUT2D eigenvalue weighted by molar-refractivity contribution is 0.0681. The lowest BCUT2D eigenvalue weighted by atomic mass is 9.93. The first-order valence-corrected chi connectivity index (χ1v) is 9.77. The molecular weight excluding hydrogens is 370 g/mol. The summed E-state index contributed by atoms with van der Waals surface area (Å²) >= 11 is 0. The molecule has 1 aliphatic carbocycles. The van der Waals surface area contributed by atoms with Crippen LogP contribution in [0.3, 0.4) is 0 Å². The summed E-state index contributed by atoms with van der Waals surface area (Å²) in [6, 6.07) is 2.34. The van der Waals surface area contributed by atoms with E-state index in [1.165, 1.54) is 0 Å². The first-order valence-electron chi connectivity index (χ1n) is 9.77. The third-order valence-corrected chi connectivity index (χ3v) is 5.57. The van der Waals surface area contributed by atoms with Gasteiger partial charge in [0.05, 0.1) is 13.2 Å². The van der Waals surface area contributed by atoms with Crippen molar-refractivity contribution >= 4 is 17.2 Å². The van der Waals surface area contributed by atoms with Crippen molar-refractivity contribution < 1.29 is 9.47 Å². The van der Waals surface area contributed by atoms with Gasteiger partial charge in [0.1, 0.15) is 5.52 Å². The minimum atomic E-state index is 0.339. The van der Waals surface area contributed by atoms with Crippen LogP contribution < -0.4 is 10.1 Å². The number of ether oxygens (including phenoxy) is 2. The van der Waals surface area contributed by atoms with E-state index < -0.39 is 0 Å². The van der Waals surface area contributed by atoms with Gasteiger partial charge in [0.2, 0.25) is 17.6 Å². The van der Waals surface area contributed by atoms with Crippen LogP contribution in [-0.2, 0) is 4.74 Å². The highest BCUT2D eigenvalue weighted by atomic mass is 16.5. The van der Waals surface area contributed by atoms with Crippen molar-refractivity contribution in [2.24, 2.45) is 0 Å². The van der Waals surface area contributed by atoms with Gasteiger partial charge in [-0.15, -0.1) is 5.10 Å². The molecule has 5 rings (SSSR count). The van der Waals surface area contributed by atoms with Crippen LogP contribution >= 0.6 is 0 Å². The van der Waals surface area contributed by atoms with Crippen molar-refractivity contribution in [2.75, 3.05) is 19.5 Å². The Balaban J connectivity index is 1.47. The molecule has 1 N–H and O–H groups in total. The van der Waals surface area contributed by atoms with Crippen molar-refractivity contribution in [3.05, 3.63) is 37.1 Å². The lowest BCUT2D eigenvalue weighted by Gasteiger charge is -2.28. The van der Waals surface area contributed by atoms with Crippen molar-refractivity contribution in [3.8, 4) is 17.0 Å². The summed E-state index contributed by atoms with van der Waals surface area (Å²) in [5.74, 6) is 1.76. The molecule has 4 aromatic heterocycles. The van der Waals surface area contributed by atoms with Crippen LogP contribution in [0.2, 0.25) is 0 Å². The summed E-state index contributed by atoms with van der Waals surface area (Å²) in [5, 5.41) is 8.12. The second kappa shape index (κ2) is 7.32. The largest absolute Gasteiger partial charge is 0.479 e. The Kier molecular flexibility index (Phi) is 4.51. The van der Waals surface area contributed by atoms with Gasteiger partial charge in [-0.05, 0) is 31.7 Å². The van der Waals surface area contributed by atoms with Gasteiger partial charge in [0.15, 0.2) is 0 Å². The maximum Gasteiger partial charge on any atom is 0.244 e. The van der Waals surface area contributed by atoms with Crippen molar-refractivity contribution in [3.63, 3.8) is 0 Å². The Morgan fingerprint density at radius 1 is 1.10 bits per heavy atom. The molecule has 0 aromatic carbocycles. The van der Waals surface area contributed by atoms with Crippen LogP contribution in [-0.4, -0.2) is 55.3 Å². The molecule has 0 saturated heterocycles. The van der Waals surface area contributed by atoms with Crippen molar-refractivity contribution in [1.82, 2.24) is 29.0 Å². The zero-order valence-corrected chi connectivity index (χ0v) is 16.4. The van der Waals surface area contributed by atoms with E-state index in [4.69, 9.17) is 9.47 Å². The highest BCUT2D eigenvalue weighted by molar-refractivity contribution is 5.84. The average molecular weight is 393 g/mol. The molecule has 0 bridgehead atoms. The zero-order chi connectivity index (χ0) is 19.8. The Morgan fingerprint density at radius 3 is 2.76 bits per heavy atom. The fourth-order valence-electron chi connectivity index (χ4n) is 4.01. The summed E-state index contributed by atoms with van der Waals surface area (Å²) in [4.78, 5) is 13.2. The van der Waals surface area contributed by atoms with Gasteiger partial charge >= 0.3 is 0 Å². The number of fused-ring (bicyclic) bond motifs is 2. The third kappa shape index (κ3) is 3.27. The Morgan fingerprint density at radius 2 is 1.97 bits per heavy atom. The summed E-state index contributed by atoms with van der Waals surface area (Å²) in [5.41, 5.74) is 2.71. The molecule has 0 amide bonds. The summed E-state index contributed by atoms with van der Waals surface area (Å²) in [6.45, 7) is 0. The summed E-state index contributed by atoms with van der Waals surface area (Å²) in [6.07, 6.45) is 13.8. The van der Waals surface area contributed by atoms with Gasteiger partial charge in [0, 0.05) is 55.3 Å². The molecule has 1 fully saturated rings. The molecule has 0 radical (unpaired) electrons. The molecule has 9 heteroatoms. The highest BCUT2D eigenvalue weighted by Gasteiger charge is 2.22. The van der Waals surface area contributed by atoms with E-state index in [1.807, 2.05) is 33.6 Å². The standard InChI is InChI=1S/C20H23N7O2/c1-28-15-5-3-14(4-6-15)23-19-24-18(29-2)17-16(7-9-27(17)25-19)13-11-22-20-21-8-10-26(20)12-13/h7-12,14-15H,3-6H2,1-2H3,(H,23,25). The van der Waals surface area contributed by atoms with E-state index in [9.17, 15) is 0 Å². The van der Waals surface area contributed by atoms with Gasteiger partial charge in [0.25, 0.3) is 0 Å². The molecule has 4 heterocycles. The Labute approximate surface area is 167 Å². The smallest absolute Gasteiger partial charge is 0.244 e. The fraction of sp³-hybridized carbons (Fsp3) is 0.400.